The van der Waals surface area contributed by atoms with Gasteiger partial charge in [0.05, 0.1) is 42.1 Å². The van der Waals surface area contributed by atoms with E-state index < -0.39 is 0 Å². The maximum atomic E-state index is 6.20. The zero-order valence-electron chi connectivity index (χ0n) is 25.8. The van der Waals surface area contributed by atoms with Crippen molar-refractivity contribution in [2.24, 2.45) is 35.5 Å². The van der Waals surface area contributed by atoms with Gasteiger partial charge in [0.2, 0.25) is 0 Å². The molecule has 0 aromatic carbocycles. The van der Waals surface area contributed by atoms with Crippen molar-refractivity contribution < 1.29 is 9.47 Å². The fourth-order valence-electron chi connectivity index (χ4n) is 9.73. The van der Waals surface area contributed by atoms with Gasteiger partial charge in [0.15, 0.2) is 0 Å². The molecule has 0 saturated carbocycles. The Morgan fingerprint density at radius 3 is 1.88 bits per heavy atom. The van der Waals surface area contributed by atoms with Crippen LogP contribution in [0, 0.1) is 35.5 Å². The number of hydrogen-bond acceptors (Lipinski definition) is 5. The first-order valence-corrected chi connectivity index (χ1v) is 17.7. The summed E-state index contributed by atoms with van der Waals surface area (Å²) < 4.78 is 22.2. The SMILES string of the molecule is COC1=CC2C3=CC=C(CC3)C3=CC=C(CC3)C3CCC(c4nsnc43)C3C=CC(CC3)C3C=C[C@@H](CC3)C1CC2OC. The summed E-state index contributed by atoms with van der Waals surface area (Å²) >= 11 is 1.44. The van der Waals surface area contributed by atoms with Gasteiger partial charge in [-0.2, -0.15) is 8.75 Å². The number of aromatic nitrogens is 2. The fourth-order valence-corrected chi connectivity index (χ4v) is 10.4. The Labute approximate surface area is 261 Å². The van der Waals surface area contributed by atoms with E-state index in [0.29, 0.717) is 47.3 Å². The molecule has 9 atom stereocenters. The van der Waals surface area contributed by atoms with Crippen LogP contribution in [0.3, 0.4) is 0 Å². The number of nitrogens with zero attached hydrogens (tertiary/aromatic N) is 2. The topological polar surface area (TPSA) is 44.2 Å². The van der Waals surface area contributed by atoms with E-state index in [-0.39, 0.29) is 6.10 Å². The first-order chi connectivity index (χ1) is 21.2. The summed E-state index contributed by atoms with van der Waals surface area (Å²) in [5, 5.41) is 0. The highest BCUT2D eigenvalue weighted by atomic mass is 32.1. The molecule has 226 valence electrons. The molecule has 43 heavy (non-hydrogen) atoms. The standard InChI is InChI=1S/C38H46N2O2S/c1-41-35-21-34-30-17-9-26(10-18-30)24-5-13-28(14-6-24)32-20-19-31(37-38(32)40-43-39-37)27-11-3-23(4-12-27)25-7-15-29(16-8-25)33(35)22-36(34)42-2/h3,5,7,9,11,13,15,17,21,23,25,27,29,31-34,36H,4,6,8,10,12,14,16,18-20,22H2,1-2H3/t23?,25?,27?,29-,31?,32?,33?,34?,36?/m0/s1. The van der Waals surface area contributed by atoms with Crippen LogP contribution in [-0.4, -0.2) is 29.1 Å². The maximum Gasteiger partial charge on any atom is 0.0960 e. The van der Waals surface area contributed by atoms with Crippen LogP contribution in [0.25, 0.3) is 0 Å². The third-order valence-corrected chi connectivity index (χ3v) is 12.8. The summed E-state index contributed by atoms with van der Waals surface area (Å²) in [6.07, 6.45) is 35.6. The predicted octanol–water partition coefficient (Wildman–Crippen LogP) is 9.15. The van der Waals surface area contributed by atoms with Crippen LogP contribution in [0.4, 0.5) is 0 Å². The zero-order chi connectivity index (χ0) is 28.9. The van der Waals surface area contributed by atoms with Gasteiger partial charge in [-0.25, -0.2) is 0 Å². The van der Waals surface area contributed by atoms with Gasteiger partial charge in [-0.05, 0) is 112 Å². The Kier molecular flexibility index (Phi) is 7.67. The van der Waals surface area contributed by atoms with E-state index in [2.05, 4.69) is 54.7 Å². The second-order valence-corrected chi connectivity index (χ2v) is 14.7. The smallest absolute Gasteiger partial charge is 0.0960 e. The highest BCUT2D eigenvalue weighted by Crippen LogP contribution is 2.50. The van der Waals surface area contributed by atoms with Crippen molar-refractivity contribution in [3.63, 3.8) is 0 Å². The molecule has 12 bridgehead atoms. The molecule has 0 saturated heterocycles. The quantitative estimate of drug-likeness (QED) is 0.320. The Morgan fingerprint density at radius 1 is 0.651 bits per heavy atom. The lowest BCUT2D eigenvalue weighted by Gasteiger charge is -2.40. The molecule has 5 heteroatoms. The third kappa shape index (κ3) is 5.09. The monoisotopic (exact) mass is 594 g/mol. The molecule has 0 amide bonds. The largest absolute Gasteiger partial charge is 0.501 e. The van der Waals surface area contributed by atoms with Crippen LogP contribution >= 0.6 is 11.7 Å². The lowest BCUT2D eigenvalue weighted by molar-refractivity contribution is 0.0313. The molecule has 4 nitrogen and oxygen atoms in total. The molecule has 0 fully saturated rings. The van der Waals surface area contributed by atoms with E-state index in [9.17, 15) is 0 Å². The molecule has 8 unspecified atom stereocenters. The fraction of sp³-hybridized carbons (Fsp3) is 0.579. The van der Waals surface area contributed by atoms with Gasteiger partial charge < -0.3 is 9.47 Å². The van der Waals surface area contributed by atoms with Gasteiger partial charge in [0, 0.05) is 30.8 Å². The van der Waals surface area contributed by atoms with Crippen molar-refractivity contribution in [3.05, 3.63) is 94.1 Å². The Morgan fingerprint density at radius 2 is 1.28 bits per heavy atom. The van der Waals surface area contributed by atoms with Crippen molar-refractivity contribution in [3.8, 4) is 0 Å². The molecule has 0 N–H and O–H groups in total. The van der Waals surface area contributed by atoms with E-state index >= 15 is 0 Å². The number of methoxy groups -OCH3 is 2. The van der Waals surface area contributed by atoms with E-state index in [1.807, 2.05) is 14.2 Å². The van der Waals surface area contributed by atoms with Crippen LogP contribution in [-0.2, 0) is 9.47 Å². The van der Waals surface area contributed by atoms with Crippen molar-refractivity contribution in [1.82, 2.24) is 8.75 Å². The molecule has 0 radical (unpaired) electrons. The van der Waals surface area contributed by atoms with E-state index in [1.165, 1.54) is 84.1 Å². The van der Waals surface area contributed by atoms with Crippen LogP contribution in [0.2, 0.25) is 0 Å². The molecular formula is C38H46N2O2S. The predicted molar refractivity (Wildman–Crippen MR) is 174 cm³/mol. The van der Waals surface area contributed by atoms with E-state index in [0.717, 1.165) is 32.1 Å². The van der Waals surface area contributed by atoms with Crippen LogP contribution in [0.15, 0.2) is 82.7 Å². The average Bonchev–Trinajstić information content (AvgIpc) is 3.58. The molecular weight excluding hydrogens is 548 g/mol. The van der Waals surface area contributed by atoms with Crippen molar-refractivity contribution >= 4 is 11.7 Å². The lowest BCUT2D eigenvalue weighted by Crippen LogP contribution is -2.35. The number of hydrogen-bond donors (Lipinski definition) is 0. The minimum atomic E-state index is 0.208. The van der Waals surface area contributed by atoms with Gasteiger partial charge in [0.1, 0.15) is 0 Å². The van der Waals surface area contributed by atoms with Gasteiger partial charge in [-0.15, -0.1) is 0 Å². The number of allylic oxidation sites excluding steroid dienone is 12. The summed E-state index contributed by atoms with van der Waals surface area (Å²) in [6, 6.07) is 0. The minimum absolute atomic E-state index is 0.208. The normalized spacial score (nSPS) is 38.3. The van der Waals surface area contributed by atoms with Crippen LogP contribution in [0.5, 0.6) is 0 Å². The van der Waals surface area contributed by atoms with E-state index in [4.69, 9.17) is 18.2 Å². The molecule has 1 aromatic rings. The molecule has 0 spiro atoms. The molecule has 22 aliphatic carbocycles. The molecule has 0 aliphatic heterocycles. The third-order valence-electron chi connectivity index (χ3n) is 12.2. The highest BCUT2D eigenvalue weighted by molar-refractivity contribution is 6.99. The van der Waals surface area contributed by atoms with Gasteiger partial charge in [-0.1, -0.05) is 59.8 Å². The van der Waals surface area contributed by atoms with Crippen molar-refractivity contribution in [2.45, 2.75) is 88.6 Å². The lowest BCUT2D eigenvalue weighted by atomic mass is 9.67. The molecule has 22 aliphatic rings. The van der Waals surface area contributed by atoms with Crippen molar-refractivity contribution in [1.29, 1.82) is 0 Å². The Hall–Kier alpha value is -2.50. The van der Waals surface area contributed by atoms with Gasteiger partial charge in [-0.3, -0.25) is 0 Å². The number of rotatable bonds is 2. The first-order valence-electron chi connectivity index (χ1n) is 17.0. The Balaban J connectivity index is 1.17. The second kappa shape index (κ2) is 11.8. The summed E-state index contributed by atoms with van der Waals surface area (Å²) in [5.74, 6) is 5.30. The molecule has 23 rings (SSSR count). The van der Waals surface area contributed by atoms with Gasteiger partial charge in [0.25, 0.3) is 0 Å². The summed E-state index contributed by atoms with van der Waals surface area (Å²) in [6.45, 7) is 0. The summed E-state index contributed by atoms with van der Waals surface area (Å²) in [7, 11) is 3.78. The minimum Gasteiger partial charge on any atom is -0.501 e. The highest BCUT2D eigenvalue weighted by Gasteiger charge is 2.41. The van der Waals surface area contributed by atoms with Gasteiger partial charge >= 0.3 is 0 Å². The first kappa shape index (κ1) is 28.0. The summed E-state index contributed by atoms with van der Waals surface area (Å²) in [4.78, 5) is 0. The van der Waals surface area contributed by atoms with Crippen LogP contribution < -0.4 is 0 Å². The van der Waals surface area contributed by atoms with Crippen molar-refractivity contribution in [2.75, 3.05) is 14.2 Å². The molecule has 1 heterocycles. The number of ether oxygens (including phenoxy) is 2. The average molecular weight is 595 g/mol. The molecule has 1 aromatic heterocycles. The summed E-state index contributed by atoms with van der Waals surface area (Å²) in [5.41, 5.74) is 8.70. The maximum absolute atomic E-state index is 6.20. The van der Waals surface area contributed by atoms with Crippen LogP contribution in [0.1, 0.15) is 93.9 Å². The Bertz CT molecular complexity index is 1460. The van der Waals surface area contributed by atoms with E-state index in [1.54, 1.807) is 5.57 Å². The zero-order valence-corrected chi connectivity index (χ0v) is 26.6. The second-order valence-electron chi connectivity index (χ2n) is 14.1.